The molecule has 0 atom stereocenters. The molecule has 1 saturated heterocycles. The first-order chi connectivity index (χ1) is 20.0. The van der Waals surface area contributed by atoms with Crippen molar-refractivity contribution in [3.05, 3.63) is 102 Å². The molecule has 3 N–H and O–H groups in total. The van der Waals surface area contributed by atoms with E-state index >= 15 is 0 Å². The summed E-state index contributed by atoms with van der Waals surface area (Å²) in [4.78, 5) is 28.2. The predicted molar refractivity (Wildman–Crippen MR) is 166 cm³/mol. The zero-order valence-electron chi connectivity index (χ0n) is 24.4. The largest absolute Gasteiger partial charge is 0.393 e. The van der Waals surface area contributed by atoms with Gasteiger partial charge in [-0.25, -0.2) is 13.7 Å². The third kappa shape index (κ3) is 6.07. The van der Waals surface area contributed by atoms with Crippen LogP contribution in [0.15, 0.2) is 78.9 Å². The molecule has 9 heteroatoms. The lowest BCUT2D eigenvalue weighted by Crippen LogP contribution is -2.47. The number of quaternary nitrogens is 1. The molecule has 0 unspecified atom stereocenters. The molecular weight excluding hydrogens is 533 g/mol. The maximum atomic E-state index is 15.0. The Bertz CT molecular complexity index is 1590. The van der Waals surface area contributed by atoms with E-state index in [1.165, 1.54) is 6.07 Å². The molecule has 0 aliphatic carbocycles. The van der Waals surface area contributed by atoms with Gasteiger partial charge in [-0.1, -0.05) is 0 Å². The van der Waals surface area contributed by atoms with E-state index in [1.54, 1.807) is 24.3 Å². The Morgan fingerprint density at radius 2 is 1.55 bits per heavy atom. The number of carbonyl (C=O) groups is 2. The summed E-state index contributed by atoms with van der Waals surface area (Å²) in [5.74, 6) is -0.870. The standard InChI is InChI=1S/C33H36FN5O3/c1-22-5-16-31(37(22)2)33(42)39(3,4)27-13-8-24(9-14-27)35-30-15-10-25(21-29(30)34)36-32(41)23-6-11-26(12-7-23)38-19-17-28(40)18-20-38/h5-16,21,28,35,40H,17-20H2,1-4H3/p+1. The van der Waals surface area contributed by atoms with Crippen LogP contribution in [0.5, 0.6) is 0 Å². The summed E-state index contributed by atoms with van der Waals surface area (Å²) in [6.07, 6.45) is 1.22. The van der Waals surface area contributed by atoms with E-state index in [-0.39, 0.29) is 28.1 Å². The lowest BCUT2D eigenvalue weighted by molar-refractivity contribution is 0.0822. The van der Waals surface area contributed by atoms with Crippen molar-refractivity contribution in [3.8, 4) is 0 Å². The van der Waals surface area contributed by atoms with Gasteiger partial charge in [-0.05, 0) is 86.5 Å². The van der Waals surface area contributed by atoms with E-state index in [0.29, 0.717) is 22.6 Å². The highest BCUT2D eigenvalue weighted by molar-refractivity contribution is 6.04. The molecule has 1 fully saturated rings. The van der Waals surface area contributed by atoms with Gasteiger partial charge < -0.3 is 25.2 Å². The topological polar surface area (TPSA) is 86.6 Å². The predicted octanol–water partition coefficient (Wildman–Crippen LogP) is 5.84. The number of hydrogen-bond donors (Lipinski definition) is 3. The highest BCUT2D eigenvalue weighted by atomic mass is 19.1. The minimum atomic E-state index is -0.509. The second kappa shape index (κ2) is 11.8. The third-order valence-electron chi connectivity index (χ3n) is 8.08. The van der Waals surface area contributed by atoms with Gasteiger partial charge in [-0.15, -0.1) is 0 Å². The van der Waals surface area contributed by atoms with Crippen LogP contribution in [0.4, 0.5) is 32.8 Å². The number of amides is 2. The van der Waals surface area contributed by atoms with Crippen molar-refractivity contribution in [1.29, 1.82) is 0 Å². The molecule has 42 heavy (non-hydrogen) atoms. The van der Waals surface area contributed by atoms with Crippen molar-refractivity contribution < 1.29 is 19.1 Å². The van der Waals surface area contributed by atoms with Crippen LogP contribution < -0.4 is 20.0 Å². The van der Waals surface area contributed by atoms with Crippen LogP contribution in [-0.2, 0) is 7.05 Å². The maximum absolute atomic E-state index is 15.0. The Morgan fingerprint density at radius 1 is 0.905 bits per heavy atom. The lowest BCUT2D eigenvalue weighted by atomic mass is 10.1. The van der Waals surface area contributed by atoms with Gasteiger partial charge in [0.15, 0.2) is 0 Å². The second-order valence-corrected chi connectivity index (χ2v) is 11.3. The van der Waals surface area contributed by atoms with Crippen molar-refractivity contribution in [2.45, 2.75) is 25.9 Å². The van der Waals surface area contributed by atoms with Gasteiger partial charge in [0, 0.05) is 60.6 Å². The van der Waals surface area contributed by atoms with E-state index in [1.807, 2.05) is 81.2 Å². The zero-order chi connectivity index (χ0) is 30.0. The Morgan fingerprint density at radius 3 is 2.14 bits per heavy atom. The Kier molecular flexibility index (Phi) is 8.15. The summed E-state index contributed by atoms with van der Waals surface area (Å²) in [5.41, 5.74) is 5.20. The first-order valence-corrected chi connectivity index (χ1v) is 14.1. The van der Waals surface area contributed by atoms with Crippen LogP contribution >= 0.6 is 0 Å². The summed E-state index contributed by atoms with van der Waals surface area (Å²) in [6, 6.07) is 22.9. The Hall–Kier alpha value is -4.47. The average Bonchev–Trinajstić information content (AvgIpc) is 3.32. The molecule has 2 amide bonds. The first kappa shape index (κ1) is 29.0. The number of aliphatic hydroxyl groups excluding tert-OH is 1. The second-order valence-electron chi connectivity index (χ2n) is 11.3. The molecule has 0 bridgehead atoms. The summed E-state index contributed by atoms with van der Waals surface area (Å²) in [6.45, 7) is 3.52. The van der Waals surface area contributed by atoms with Crippen LogP contribution in [-0.4, -0.2) is 54.8 Å². The Labute approximate surface area is 245 Å². The van der Waals surface area contributed by atoms with Gasteiger partial charge in [0.25, 0.3) is 5.91 Å². The van der Waals surface area contributed by atoms with Crippen LogP contribution in [0.2, 0.25) is 0 Å². The van der Waals surface area contributed by atoms with Gasteiger partial charge in [0.05, 0.1) is 25.9 Å². The molecule has 1 aromatic heterocycles. The number of anilines is 4. The molecule has 218 valence electrons. The van der Waals surface area contributed by atoms with Crippen LogP contribution in [0.3, 0.4) is 0 Å². The summed E-state index contributed by atoms with van der Waals surface area (Å²) < 4.78 is 16.9. The number of nitrogens with one attached hydrogen (secondary N) is 2. The van der Waals surface area contributed by atoms with E-state index in [9.17, 15) is 19.1 Å². The van der Waals surface area contributed by atoms with E-state index in [4.69, 9.17) is 0 Å². The fourth-order valence-corrected chi connectivity index (χ4v) is 5.15. The molecule has 8 nitrogen and oxygen atoms in total. The van der Waals surface area contributed by atoms with Crippen LogP contribution in [0.1, 0.15) is 39.4 Å². The molecule has 4 aromatic rings. The zero-order valence-corrected chi connectivity index (χ0v) is 24.4. The molecule has 1 aliphatic heterocycles. The number of aryl methyl sites for hydroxylation is 1. The number of aromatic nitrogens is 1. The number of carbonyl (C=O) groups excluding carboxylic acids is 2. The minimum Gasteiger partial charge on any atom is -0.393 e. The molecule has 5 rings (SSSR count). The number of rotatable bonds is 7. The molecule has 0 spiro atoms. The Balaban J connectivity index is 1.21. The van der Waals surface area contributed by atoms with Crippen LogP contribution in [0, 0.1) is 12.7 Å². The van der Waals surface area contributed by atoms with E-state index in [2.05, 4.69) is 15.5 Å². The number of piperidine rings is 1. The van der Waals surface area contributed by atoms with Gasteiger partial charge in [0.2, 0.25) is 0 Å². The van der Waals surface area contributed by atoms with E-state index < -0.39 is 5.82 Å². The fourth-order valence-electron chi connectivity index (χ4n) is 5.15. The third-order valence-corrected chi connectivity index (χ3v) is 8.08. The minimum absolute atomic E-state index is 0.0332. The highest BCUT2D eigenvalue weighted by Crippen LogP contribution is 2.28. The number of benzene rings is 3. The van der Waals surface area contributed by atoms with Gasteiger partial charge in [-0.3, -0.25) is 4.79 Å². The number of aliphatic hydroxyl groups is 1. The van der Waals surface area contributed by atoms with Crippen molar-refractivity contribution in [2.24, 2.45) is 7.05 Å². The van der Waals surface area contributed by atoms with Crippen molar-refractivity contribution in [2.75, 3.05) is 42.7 Å². The number of nitrogens with zero attached hydrogens (tertiary/aromatic N) is 3. The van der Waals surface area contributed by atoms with Gasteiger partial charge in [0.1, 0.15) is 17.2 Å². The summed E-state index contributed by atoms with van der Waals surface area (Å²) >= 11 is 0. The fraction of sp³-hybridized carbons (Fsp3) is 0.273. The molecule has 2 heterocycles. The molecule has 0 saturated carbocycles. The highest BCUT2D eigenvalue weighted by Gasteiger charge is 2.32. The molecular formula is C33H37FN5O3+. The van der Waals surface area contributed by atoms with Crippen molar-refractivity contribution in [3.63, 3.8) is 0 Å². The number of halogens is 1. The SMILES string of the molecule is Cc1ccc(C(=O)[N+](C)(C)c2ccc(Nc3ccc(NC(=O)c4ccc(N5CCC(O)CC5)cc4)cc3F)cc2)n1C. The maximum Gasteiger partial charge on any atom is 0.367 e. The van der Waals surface area contributed by atoms with Crippen LogP contribution in [0.25, 0.3) is 0 Å². The van der Waals surface area contributed by atoms with Gasteiger partial charge >= 0.3 is 5.91 Å². The summed E-state index contributed by atoms with van der Waals surface area (Å²) in [5, 5.41) is 15.5. The van der Waals surface area contributed by atoms with Crippen molar-refractivity contribution in [1.82, 2.24) is 9.05 Å². The normalized spacial score (nSPS) is 14.1. The molecule has 3 aromatic carbocycles. The smallest absolute Gasteiger partial charge is 0.367 e. The molecule has 0 radical (unpaired) electrons. The molecule has 1 aliphatic rings. The van der Waals surface area contributed by atoms with E-state index in [0.717, 1.165) is 43.0 Å². The average molecular weight is 571 g/mol. The van der Waals surface area contributed by atoms with Crippen molar-refractivity contribution >= 4 is 40.3 Å². The first-order valence-electron chi connectivity index (χ1n) is 14.1. The lowest BCUT2D eigenvalue weighted by Gasteiger charge is -2.31. The monoisotopic (exact) mass is 570 g/mol. The number of hydrogen-bond acceptors (Lipinski definition) is 5. The van der Waals surface area contributed by atoms with Gasteiger partial charge in [-0.2, -0.15) is 0 Å². The summed E-state index contributed by atoms with van der Waals surface area (Å²) in [7, 11) is 5.56. The quantitative estimate of drug-likeness (QED) is 0.243.